The van der Waals surface area contributed by atoms with Gasteiger partial charge in [-0.15, -0.1) is 0 Å². The first-order valence-electron chi connectivity index (χ1n) is 7.68. The van der Waals surface area contributed by atoms with Gasteiger partial charge in [0.15, 0.2) is 0 Å². The number of rotatable bonds is 4. The lowest BCUT2D eigenvalue weighted by Gasteiger charge is -2.11. The van der Waals surface area contributed by atoms with Crippen LogP contribution >= 0.6 is 0 Å². The maximum atomic E-state index is 12.8. The van der Waals surface area contributed by atoms with Crippen molar-refractivity contribution in [3.63, 3.8) is 0 Å². The van der Waals surface area contributed by atoms with Crippen LogP contribution in [0.4, 0.5) is 0 Å². The number of nitrogen functional groups attached to an aromatic ring is 1. The van der Waals surface area contributed by atoms with Gasteiger partial charge in [0.2, 0.25) is 0 Å². The second-order valence-electron chi connectivity index (χ2n) is 5.49. The number of hydrogen-bond acceptors (Lipinski definition) is 5. The first kappa shape index (κ1) is 16.5. The molecule has 0 bridgehead atoms. The van der Waals surface area contributed by atoms with Crippen molar-refractivity contribution in [1.82, 2.24) is 20.0 Å². The summed E-state index contributed by atoms with van der Waals surface area (Å²) in [5.41, 5.74) is 4.26. The Kier molecular flexibility index (Phi) is 4.67. The molecule has 2 aromatic heterocycles. The molecule has 3 rings (SSSR count). The van der Waals surface area contributed by atoms with Crippen molar-refractivity contribution >= 4 is 5.91 Å². The molecule has 126 valence electrons. The Hall–Kier alpha value is -3.32. The van der Waals surface area contributed by atoms with E-state index in [1.807, 2.05) is 30.3 Å². The highest BCUT2D eigenvalue weighted by Gasteiger charge is 2.11. The van der Waals surface area contributed by atoms with Gasteiger partial charge >= 0.3 is 0 Å². The van der Waals surface area contributed by atoms with Crippen molar-refractivity contribution in [1.29, 1.82) is 0 Å². The normalized spacial score (nSPS) is 10.5. The number of hydrogen-bond donors (Lipinski definition) is 2. The van der Waals surface area contributed by atoms with Crippen molar-refractivity contribution in [2.45, 2.75) is 13.5 Å². The van der Waals surface area contributed by atoms with Gasteiger partial charge < -0.3 is 0 Å². The van der Waals surface area contributed by atoms with Gasteiger partial charge in [-0.1, -0.05) is 30.3 Å². The van der Waals surface area contributed by atoms with E-state index in [0.717, 1.165) is 5.56 Å². The lowest BCUT2D eigenvalue weighted by atomic mass is 10.1. The van der Waals surface area contributed by atoms with Crippen molar-refractivity contribution in [2.24, 2.45) is 5.84 Å². The molecule has 0 saturated carbocycles. The number of carbonyl (C=O) groups excluding carboxylic acids is 1. The molecule has 0 aliphatic heterocycles. The highest BCUT2D eigenvalue weighted by molar-refractivity contribution is 5.93. The number of hydrazine groups is 1. The molecule has 25 heavy (non-hydrogen) atoms. The molecule has 1 amide bonds. The van der Waals surface area contributed by atoms with Crippen LogP contribution in [-0.2, 0) is 6.54 Å². The molecular weight excluding hydrogens is 318 g/mol. The molecule has 0 radical (unpaired) electrons. The molecule has 0 fully saturated rings. The van der Waals surface area contributed by atoms with Crippen LogP contribution in [0.15, 0.2) is 59.7 Å². The van der Waals surface area contributed by atoms with Crippen LogP contribution in [-0.4, -0.2) is 20.4 Å². The van der Waals surface area contributed by atoms with Crippen LogP contribution in [0.5, 0.6) is 0 Å². The molecule has 3 N–H and O–H groups in total. The van der Waals surface area contributed by atoms with Gasteiger partial charge in [0, 0.05) is 12.4 Å². The highest BCUT2D eigenvalue weighted by Crippen LogP contribution is 2.14. The van der Waals surface area contributed by atoms with Gasteiger partial charge in [0.1, 0.15) is 5.82 Å². The highest BCUT2D eigenvalue weighted by atomic mass is 16.2. The summed E-state index contributed by atoms with van der Waals surface area (Å²) in [6.07, 6.45) is 3.01. The number of aromatic nitrogens is 3. The Labute approximate surface area is 144 Å². The minimum Gasteiger partial charge on any atom is -0.290 e. The largest absolute Gasteiger partial charge is 0.290 e. The standard InChI is InChI=1S/C18H17N5O2/c1-12-20-10-16(13-5-3-2-4-6-13)18(25)23(12)11-15-8-7-14(9-21-15)17(24)22-19/h2-10H,11,19H2,1H3,(H,22,24). The summed E-state index contributed by atoms with van der Waals surface area (Å²) >= 11 is 0. The molecule has 7 nitrogen and oxygen atoms in total. The number of nitrogens with two attached hydrogens (primary N) is 1. The average molecular weight is 335 g/mol. The third kappa shape index (κ3) is 3.46. The van der Waals surface area contributed by atoms with Crippen LogP contribution < -0.4 is 16.8 Å². The zero-order valence-corrected chi connectivity index (χ0v) is 13.6. The number of pyridine rings is 1. The molecule has 0 saturated heterocycles. The molecule has 0 unspecified atom stereocenters. The van der Waals surface area contributed by atoms with Gasteiger partial charge in [-0.05, 0) is 24.6 Å². The molecule has 3 aromatic rings. The summed E-state index contributed by atoms with van der Waals surface area (Å²) < 4.78 is 1.56. The Balaban J connectivity index is 1.95. The van der Waals surface area contributed by atoms with Gasteiger partial charge in [-0.3, -0.25) is 24.6 Å². The quantitative estimate of drug-likeness (QED) is 0.424. The zero-order valence-electron chi connectivity index (χ0n) is 13.6. The molecular formula is C18H17N5O2. The number of nitrogens with one attached hydrogen (secondary N) is 1. The number of benzene rings is 1. The van der Waals surface area contributed by atoms with Crippen LogP contribution in [0, 0.1) is 6.92 Å². The van der Waals surface area contributed by atoms with Crippen molar-refractivity contribution in [2.75, 3.05) is 0 Å². The summed E-state index contributed by atoms with van der Waals surface area (Å²) in [6, 6.07) is 12.7. The van der Waals surface area contributed by atoms with Gasteiger partial charge in [0.05, 0.1) is 23.4 Å². The van der Waals surface area contributed by atoms with Crippen LogP contribution in [0.25, 0.3) is 11.1 Å². The molecule has 2 heterocycles. The minimum atomic E-state index is -0.417. The van der Waals surface area contributed by atoms with Crippen molar-refractivity contribution in [3.05, 3.63) is 82.3 Å². The molecule has 1 aromatic carbocycles. The predicted molar refractivity (Wildman–Crippen MR) is 93.7 cm³/mol. The van der Waals surface area contributed by atoms with E-state index >= 15 is 0 Å². The van der Waals surface area contributed by atoms with Gasteiger partial charge in [-0.25, -0.2) is 10.8 Å². The van der Waals surface area contributed by atoms with E-state index in [4.69, 9.17) is 5.84 Å². The third-order valence-corrected chi connectivity index (χ3v) is 3.87. The Morgan fingerprint density at radius 2 is 1.88 bits per heavy atom. The third-order valence-electron chi connectivity index (χ3n) is 3.87. The lowest BCUT2D eigenvalue weighted by Crippen LogP contribution is -2.30. The van der Waals surface area contributed by atoms with E-state index in [9.17, 15) is 9.59 Å². The van der Waals surface area contributed by atoms with Crippen molar-refractivity contribution < 1.29 is 4.79 Å². The SMILES string of the molecule is Cc1ncc(-c2ccccc2)c(=O)n1Cc1ccc(C(=O)NN)cn1. The molecule has 7 heteroatoms. The summed E-state index contributed by atoms with van der Waals surface area (Å²) in [4.78, 5) is 32.8. The fourth-order valence-electron chi connectivity index (χ4n) is 2.47. The molecule has 0 atom stereocenters. The molecule has 0 spiro atoms. The summed E-state index contributed by atoms with van der Waals surface area (Å²) in [5.74, 6) is 5.27. The van der Waals surface area contributed by atoms with E-state index in [0.29, 0.717) is 22.6 Å². The fourth-order valence-corrected chi connectivity index (χ4v) is 2.47. The van der Waals surface area contributed by atoms with E-state index in [1.165, 1.54) is 6.20 Å². The second kappa shape index (κ2) is 7.06. The average Bonchev–Trinajstić information content (AvgIpc) is 2.65. The maximum absolute atomic E-state index is 12.8. The van der Waals surface area contributed by atoms with Gasteiger partial charge in [-0.2, -0.15) is 0 Å². The summed E-state index contributed by atoms with van der Waals surface area (Å²) in [7, 11) is 0. The zero-order chi connectivity index (χ0) is 17.8. The summed E-state index contributed by atoms with van der Waals surface area (Å²) in [6.45, 7) is 2.04. The Morgan fingerprint density at radius 1 is 1.12 bits per heavy atom. The number of carbonyl (C=O) groups is 1. The lowest BCUT2D eigenvalue weighted by molar-refractivity contribution is 0.0953. The van der Waals surface area contributed by atoms with E-state index in [1.54, 1.807) is 29.8 Å². The molecule has 0 aliphatic rings. The topological polar surface area (TPSA) is 103 Å². The van der Waals surface area contributed by atoms with Crippen molar-refractivity contribution in [3.8, 4) is 11.1 Å². The monoisotopic (exact) mass is 335 g/mol. The van der Waals surface area contributed by atoms with E-state index in [-0.39, 0.29) is 12.1 Å². The second-order valence-corrected chi connectivity index (χ2v) is 5.49. The van der Waals surface area contributed by atoms with Crippen LogP contribution in [0.3, 0.4) is 0 Å². The first-order valence-corrected chi connectivity index (χ1v) is 7.68. The minimum absolute atomic E-state index is 0.135. The van der Waals surface area contributed by atoms with E-state index < -0.39 is 5.91 Å². The summed E-state index contributed by atoms with van der Waals surface area (Å²) in [5, 5.41) is 0. The fraction of sp³-hybridized carbons (Fsp3) is 0.111. The molecule has 0 aliphatic carbocycles. The Bertz CT molecular complexity index is 949. The number of amides is 1. The van der Waals surface area contributed by atoms with Crippen LogP contribution in [0.1, 0.15) is 21.9 Å². The van der Waals surface area contributed by atoms with Gasteiger partial charge in [0.25, 0.3) is 11.5 Å². The number of aryl methyl sites for hydroxylation is 1. The Morgan fingerprint density at radius 3 is 2.52 bits per heavy atom. The predicted octanol–water partition coefficient (Wildman–Crippen LogP) is 1.27. The number of nitrogens with zero attached hydrogens (tertiary/aromatic N) is 3. The maximum Gasteiger partial charge on any atom is 0.266 e. The van der Waals surface area contributed by atoms with Crippen LogP contribution in [0.2, 0.25) is 0 Å². The smallest absolute Gasteiger partial charge is 0.266 e. The first-order chi connectivity index (χ1) is 12.1. The van der Waals surface area contributed by atoms with E-state index in [2.05, 4.69) is 15.4 Å².